The number of nitrogens with zero attached hydrogens (tertiary/aromatic N) is 1. The number of benzene rings is 2. The average molecular weight is 386 g/mol. The lowest BCUT2D eigenvalue weighted by atomic mass is 9.76. The van der Waals surface area contributed by atoms with Gasteiger partial charge in [-0.15, -0.1) is 0 Å². The van der Waals surface area contributed by atoms with Crippen LogP contribution < -0.4 is 10.1 Å². The molecule has 4 nitrogen and oxygen atoms in total. The molecule has 1 atom stereocenters. The first-order valence-corrected chi connectivity index (χ1v) is 10.3. The molecule has 3 aromatic rings. The van der Waals surface area contributed by atoms with Gasteiger partial charge in [0.15, 0.2) is 0 Å². The molecule has 2 heterocycles. The topological polar surface area (TPSA) is 51.2 Å². The van der Waals surface area contributed by atoms with E-state index in [1.807, 2.05) is 54.7 Å². The Balaban J connectivity index is 1.70. The number of aromatic nitrogens is 1. The number of pyridine rings is 1. The van der Waals surface area contributed by atoms with Crippen LogP contribution in [0.4, 0.5) is 5.69 Å². The van der Waals surface area contributed by atoms with E-state index in [2.05, 4.69) is 23.3 Å². The van der Waals surface area contributed by atoms with E-state index >= 15 is 0 Å². The molecular weight excluding hydrogens is 360 g/mol. The molecule has 0 fully saturated rings. The molecule has 0 saturated carbocycles. The molecule has 4 rings (SSSR count). The summed E-state index contributed by atoms with van der Waals surface area (Å²) in [7, 11) is 0. The summed E-state index contributed by atoms with van der Waals surface area (Å²) < 4.78 is 6.04. The number of ether oxygens (including phenoxy) is 1. The van der Waals surface area contributed by atoms with Crippen LogP contribution in [0.2, 0.25) is 0 Å². The highest BCUT2D eigenvalue weighted by Crippen LogP contribution is 2.45. The summed E-state index contributed by atoms with van der Waals surface area (Å²) in [5.41, 5.74) is 4.16. The van der Waals surface area contributed by atoms with Crippen LogP contribution in [0.3, 0.4) is 0 Å². The van der Waals surface area contributed by atoms with E-state index in [0.717, 1.165) is 52.9 Å². The molecule has 1 aliphatic heterocycles. The zero-order chi connectivity index (χ0) is 20.1. The van der Waals surface area contributed by atoms with Crippen LogP contribution in [0.15, 0.2) is 67.0 Å². The number of carbonyl (C=O) groups is 1. The van der Waals surface area contributed by atoms with Crippen LogP contribution in [0.25, 0.3) is 11.1 Å². The van der Waals surface area contributed by atoms with E-state index < -0.39 is 5.41 Å². The molecule has 0 spiro atoms. The first-order chi connectivity index (χ1) is 14.3. The molecule has 0 radical (unpaired) electrons. The Labute approximate surface area is 172 Å². The fourth-order valence-corrected chi connectivity index (χ4v) is 4.00. The van der Waals surface area contributed by atoms with E-state index in [1.165, 1.54) is 12.8 Å². The second kappa shape index (κ2) is 8.48. The molecule has 4 heteroatoms. The number of fused-ring (bicyclic) bond motifs is 1. The van der Waals surface area contributed by atoms with Crippen LogP contribution >= 0.6 is 0 Å². The number of carbonyl (C=O) groups excluding carboxylic acids is 1. The Hall–Kier alpha value is -3.14. The Kier molecular flexibility index (Phi) is 5.61. The number of unbranched alkanes of at least 4 members (excludes halogenated alkanes) is 2. The van der Waals surface area contributed by atoms with Crippen molar-refractivity contribution in [3.8, 4) is 16.9 Å². The van der Waals surface area contributed by atoms with Gasteiger partial charge in [-0.2, -0.15) is 0 Å². The highest BCUT2D eigenvalue weighted by Gasteiger charge is 2.44. The Morgan fingerprint density at radius 3 is 2.76 bits per heavy atom. The Morgan fingerprint density at radius 2 is 1.97 bits per heavy atom. The van der Waals surface area contributed by atoms with Crippen molar-refractivity contribution >= 4 is 12.0 Å². The molecule has 148 valence electrons. The predicted molar refractivity (Wildman–Crippen MR) is 116 cm³/mol. The molecule has 0 saturated heterocycles. The second-order valence-corrected chi connectivity index (χ2v) is 7.51. The van der Waals surface area contributed by atoms with Gasteiger partial charge in [0.2, 0.25) is 0 Å². The van der Waals surface area contributed by atoms with E-state index in [1.54, 1.807) is 6.20 Å². The van der Waals surface area contributed by atoms with Crippen molar-refractivity contribution in [2.45, 2.75) is 31.6 Å². The quantitative estimate of drug-likeness (QED) is 0.425. The minimum atomic E-state index is -0.794. The summed E-state index contributed by atoms with van der Waals surface area (Å²) in [5.74, 6) is 0.763. The van der Waals surface area contributed by atoms with Crippen molar-refractivity contribution in [2.75, 3.05) is 18.5 Å². The van der Waals surface area contributed by atoms with Gasteiger partial charge >= 0.3 is 0 Å². The maximum absolute atomic E-state index is 12.5. The number of para-hydroxylation sites is 1. The van der Waals surface area contributed by atoms with Gasteiger partial charge in [-0.1, -0.05) is 56.2 Å². The summed E-state index contributed by atoms with van der Waals surface area (Å²) >= 11 is 0. The third kappa shape index (κ3) is 3.63. The van der Waals surface area contributed by atoms with Crippen molar-refractivity contribution in [3.63, 3.8) is 0 Å². The number of hydrogen-bond donors (Lipinski definition) is 1. The fourth-order valence-electron chi connectivity index (χ4n) is 4.00. The third-order valence-corrected chi connectivity index (χ3v) is 5.62. The van der Waals surface area contributed by atoms with Crippen molar-refractivity contribution in [2.24, 2.45) is 0 Å². The zero-order valence-electron chi connectivity index (χ0n) is 16.7. The molecule has 1 N–H and O–H groups in total. The van der Waals surface area contributed by atoms with Crippen molar-refractivity contribution in [3.05, 3.63) is 78.1 Å². The van der Waals surface area contributed by atoms with Gasteiger partial charge in [0.1, 0.15) is 24.1 Å². The van der Waals surface area contributed by atoms with Crippen molar-refractivity contribution < 1.29 is 9.53 Å². The third-order valence-electron chi connectivity index (χ3n) is 5.62. The number of aldehydes is 1. The average Bonchev–Trinajstić information content (AvgIpc) is 3.16. The van der Waals surface area contributed by atoms with Gasteiger partial charge in [-0.3, -0.25) is 4.98 Å². The highest BCUT2D eigenvalue weighted by molar-refractivity contribution is 5.83. The fraction of sp³-hybridized carbons (Fsp3) is 0.280. The molecule has 2 aromatic carbocycles. The van der Waals surface area contributed by atoms with Crippen LogP contribution in [0, 0.1) is 0 Å². The monoisotopic (exact) mass is 386 g/mol. The SMILES string of the molecule is CCCCCNc1ccccc1C1(C=O)COc2cc(-c3cccnc3)ccc21. The molecule has 0 bridgehead atoms. The summed E-state index contributed by atoms with van der Waals surface area (Å²) in [6.07, 6.45) is 8.11. The minimum Gasteiger partial charge on any atom is -0.491 e. The van der Waals surface area contributed by atoms with Crippen LogP contribution in [0.5, 0.6) is 5.75 Å². The molecule has 1 aliphatic rings. The summed E-state index contributed by atoms with van der Waals surface area (Å²) in [4.78, 5) is 16.7. The zero-order valence-corrected chi connectivity index (χ0v) is 16.7. The molecule has 1 aromatic heterocycles. The first kappa shape index (κ1) is 19.2. The van der Waals surface area contributed by atoms with E-state index in [0.29, 0.717) is 6.61 Å². The Morgan fingerprint density at radius 1 is 1.07 bits per heavy atom. The van der Waals surface area contributed by atoms with Gasteiger partial charge in [-0.25, -0.2) is 0 Å². The minimum absolute atomic E-state index is 0.315. The maximum Gasteiger partial charge on any atom is 0.138 e. The molecular formula is C25H26N2O2. The van der Waals surface area contributed by atoms with E-state index in [-0.39, 0.29) is 0 Å². The smallest absolute Gasteiger partial charge is 0.138 e. The van der Waals surface area contributed by atoms with Crippen LogP contribution in [-0.4, -0.2) is 24.4 Å². The lowest BCUT2D eigenvalue weighted by Gasteiger charge is -2.25. The van der Waals surface area contributed by atoms with Gasteiger partial charge in [-0.05, 0) is 35.7 Å². The summed E-state index contributed by atoms with van der Waals surface area (Å²) in [5, 5.41) is 3.53. The molecule has 0 aliphatic carbocycles. The standard InChI is InChI=1S/C25H26N2O2/c1-2-3-6-14-27-23-10-5-4-9-21(23)25(17-28)18-29-24-15-19(11-12-22(24)25)20-8-7-13-26-16-20/h4-5,7-13,15-17,27H,2-3,6,14,18H2,1H3. The summed E-state index contributed by atoms with van der Waals surface area (Å²) in [6.45, 7) is 3.41. The largest absolute Gasteiger partial charge is 0.491 e. The van der Waals surface area contributed by atoms with Gasteiger partial charge in [0.05, 0.1) is 0 Å². The predicted octanol–water partition coefficient (Wildman–Crippen LogP) is 5.23. The highest BCUT2D eigenvalue weighted by atomic mass is 16.5. The number of anilines is 1. The molecule has 0 amide bonds. The van der Waals surface area contributed by atoms with Crippen LogP contribution in [0.1, 0.15) is 37.3 Å². The number of rotatable bonds is 8. The normalized spacial score (nSPS) is 17.4. The number of hydrogen-bond acceptors (Lipinski definition) is 4. The number of nitrogens with one attached hydrogen (secondary N) is 1. The lowest BCUT2D eigenvalue weighted by molar-refractivity contribution is -0.111. The first-order valence-electron chi connectivity index (χ1n) is 10.3. The Bertz CT molecular complexity index is 987. The van der Waals surface area contributed by atoms with Crippen molar-refractivity contribution in [1.82, 2.24) is 4.98 Å². The van der Waals surface area contributed by atoms with Gasteiger partial charge in [0.25, 0.3) is 0 Å². The van der Waals surface area contributed by atoms with Gasteiger partial charge in [0, 0.05) is 35.8 Å². The molecule has 29 heavy (non-hydrogen) atoms. The van der Waals surface area contributed by atoms with Crippen molar-refractivity contribution in [1.29, 1.82) is 0 Å². The lowest BCUT2D eigenvalue weighted by Crippen LogP contribution is -2.32. The van der Waals surface area contributed by atoms with E-state index in [4.69, 9.17) is 4.74 Å². The van der Waals surface area contributed by atoms with Crippen LogP contribution in [-0.2, 0) is 10.2 Å². The molecule has 1 unspecified atom stereocenters. The second-order valence-electron chi connectivity index (χ2n) is 7.51. The maximum atomic E-state index is 12.5. The summed E-state index contributed by atoms with van der Waals surface area (Å²) in [6, 6.07) is 18.1. The van der Waals surface area contributed by atoms with Gasteiger partial charge < -0.3 is 14.8 Å². The van der Waals surface area contributed by atoms with E-state index in [9.17, 15) is 4.79 Å².